The number of piperidine rings is 1. The number of pyridine rings is 2. The maximum atomic E-state index is 16.0. The van der Waals surface area contributed by atoms with Crippen molar-refractivity contribution < 1.29 is 23.2 Å². The summed E-state index contributed by atoms with van der Waals surface area (Å²) in [5.41, 5.74) is 8.50. The van der Waals surface area contributed by atoms with Crippen LogP contribution >= 0.6 is 0 Å². The van der Waals surface area contributed by atoms with Crippen molar-refractivity contribution in [3.63, 3.8) is 0 Å². The third-order valence-electron chi connectivity index (χ3n) is 10.6. The minimum Gasteiger partial charge on any atom is -0.464 e. The fourth-order valence-corrected chi connectivity index (χ4v) is 7.70. The maximum absolute atomic E-state index is 16.0. The maximum Gasteiger partial charge on any atom is 0.270 e. The number of carbonyl (C=O) groups excluding carboxylic acids is 3. The second-order valence-corrected chi connectivity index (χ2v) is 14.1. The lowest BCUT2D eigenvalue weighted by atomic mass is 9.90. The normalized spacial score (nSPS) is 15.4. The first-order chi connectivity index (χ1) is 26.6. The molecule has 276 valence electrons. The number of halogens is 1. The second kappa shape index (κ2) is 14.4. The zero-order valence-corrected chi connectivity index (χ0v) is 30.7. The molecule has 2 aliphatic heterocycles. The number of amides is 3. The lowest BCUT2D eigenvalue weighted by molar-refractivity contribution is -0.134. The average Bonchev–Trinajstić information content (AvgIpc) is 3.61. The van der Waals surface area contributed by atoms with E-state index in [1.165, 1.54) is 6.20 Å². The molecule has 1 saturated heterocycles. The molecule has 10 nitrogen and oxygen atoms in total. The molecule has 55 heavy (non-hydrogen) atoms. The van der Waals surface area contributed by atoms with Crippen molar-refractivity contribution in [2.45, 2.75) is 51.9 Å². The van der Waals surface area contributed by atoms with Crippen molar-refractivity contribution in [3.05, 3.63) is 123 Å². The van der Waals surface area contributed by atoms with E-state index in [-0.39, 0.29) is 36.0 Å². The quantitative estimate of drug-likeness (QED) is 0.143. The Hall–Kier alpha value is -6.54. The van der Waals surface area contributed by atoms with Gasteiger partial charge in [-0.2, -0.15) is 0 Å². The number of carbonyl (C=O) groups is 3. The fourth-order valence-electron chi connectivity index (χ4n) is 7.70. The smallest absolute Gasteiger partial charge is 0.270 e. The van der Waals surface area contributed by atoms with Crippen LogP contribution in [0.3, 0.4) is 0 Å². The second-order valence-electron chi connectivity index (χ2n) is 14.1. The van der Waals surface area contributed by atoms with Crippen molar-refractivity contribution in [3.8, 4) is 23.0 Å². The molecule has 2 aliphatic rings. The van der Waals surface area contributed by atoms with E-state index in [9.17, 15) is 19.2 Å². The monoisotopic (exact) mass is 735 g/mol. The number of rotatable bonds is 6. The third kappa shape index (κ3) is 6.65. The molecule has 6 aromatic rings. The summed E-state index contributed by atoms with van der Waals surface area (Å²) in [6.45, 7) is 4.69. The minimum atomic E-state index is -0.478. The molecule has 0 bridgehead atoms. The number of aromatic nitrogens is 2. The zero-order valence-electron chi connectivity index (χ0n) is 30.7. The van der Waals surface area contributed by atoms with Crippen LogP contribution in [-0.4, -0.2) is 40.4 Å². The Morgan fingerprint density at radius 1 is 1.04 bits per heavy atom. The first-order valence-corrected chi connectivity index (χ1v) is 18.4. The van der Waals surface area contributed by atoms with Gasteiger partial charge in [-0.25, -0.2) is 4.39 Å². The number of furan rings is 1. The highest BCUT2D eigenvalue weighted by molar-refractivity contribution is 6.03. The van der Waals surface area contributed by atoms with E-state index in [0.29, 0.717) is 39.8 Å². The molecule has 1 unspecified atom stereocenters. The number of hydrogen-bond acceptors (Lipinski definition) is 7. The molecular weight excluding hydrogens is 698 g/mol. The van der Waals surface area contributed by atoms with Crippen molar-refractivity contribution in [1.82, 2.24) is 20.2 Å². The van der Waals surface area contributed by atoms with Gasteiger partial charge in [-0.3, -0.25) is 29.5 Å². The van der Waals surface area contributed by atoms with Crippen LogP contribution in [0.2, 0.25) is 0 Å². The van der Waals surface area contributed by atoms with Gasteiger partial charge in [0.1, 0.15) is 17.1 Å². The van der Waals surface area contributed by atoms with E-state index in [0.717, 1.165) is 64.6 Å². The Balaban J connectivity index is 0.975. The van der Waals surface area contributed by atoms with Crippen LogP contribution in [0.5, 0.6) is 0 Å². The number of hydrogen-bond donors (Lipinski definition) is 2. The summed E-state index contributed by atoms with van der Waals surface area (Å²) in [6, 6.07) is 18.3. The predicted octanol–water partition coefficient (Wildman–Crippen LogP) is 6.74. The number of benzene rings is 3. The van der Waals surface area contributed by atoms with Gasteiger partial charge >= 0.3 is 0 Å². The predicted molar refractivity (Wildman–Crippen MR) is 209 cm³/mol. The van der Waals surface area contributed by atoms with Gasteiger partial charge in [0.25, 0.3) is 11.5 Å². The number of fused-ring (bicyclic) bond motifs is 3. The number of nitrogens with zero attached hydrogens (tertiary/aromatic N) is 3. The molecule has 1 atom stereocenters. The summed E-state index contributed by atoms with van der Waals surface area (Å²) < 4.78 is 23.3. The summed E-state index contributed by atoms with van der Waals surface area (Å²) in [5.74, 6) is 4.09. The Morgan fingerprint density at radius 2 is 1.89 bits per heavy atom. The summed E-state index contributed by atoms with van der Waals surface area (Å²) >= 11 is 0. The Kier molecular flexibility index (Phi) is 9.27. The van der Waals surface area contributed by atoms with Crippen LogP contribution in [0.15, 0.2) is 82.3 Å². The molecule has 3 amide bonds. The van der Waals surface area contributed by atoms with Crippen molar-refractivity contribution in [2.24, 2.45) is 7.05 Å². The minimum absolute atomic E-state index is 0.0309. The number of imide groups is 1. The Morgan fingerprint density at radius 3 is 2.67 bits per heavy atom. The molecule has 0 radical (unpaired) electrons. The highest BCUT2D eigenvalue weighted by Crippen LogP contribution is 2.41. The summed E-state index contributed by atoms with van der Waals surface area (Å²) in [6.07, 6.45) is 6.20. The van der Waals surface area contributed by atoms with E-state index < -0.39 is 17.6 Å². The molecule has 2 N–H and O–H groups in total. The van der Waals surface area contributed by atoms with Crippen LogP contribution in [0.1, 0.15) is 70.4 Å². The van der Waals surface area contributed by atoms with Crippen molar-refractivity contribution >= 4 is 51.0 Å². The van der Waals surface area contributed by atoms with E-state index in [2.05, 4.69) is 51.4 Å². The van der Waals surface area contributed by atoms with Gasteiger partial charge in [0, 0.05) is 70.5 Å². The van der Waals surface area contributed by atoms with Gasteiger partial charge < -0.3 is 19.2 Å². The number of anilines is 2. The largest absolute Gasteiger partial charge is 0.464 e. The van der Waals surface area contributed by atoms with Crippen LogP contribution in [-0.2, 0) is 29.5 Å². The zero-order chi connectivity index (χ0) is 38.4. The van der Waals surface area contributed by atoms with E-state index >= 15 is 4.39 Å². The SMILES string of the molecule is CCc1cc(N2CCCc3cc(-c4ccc(C(=O)NCC#Cc5ccc6occ(C7CCC(=O)NC7=O)c6c5)nc4)c(F)cc32)c2cc(C)c(=O)n(C)c2c1. The van der Waals surface area contributed by atoms with Gasteiger partial charge in [-0.05, 0) is 98.3 Å². The van der Waals surface area contributed by atoms with Crippen molar-refractivity contribution in [1.29, 1.82) is 0 Å². The molecule has 1 fully saturated rings. The molecule has 0 spiro atoms. The average molecular weight is 736 g/mol. The first-order valence-electron chi connectivity index (χ1n) is 18.4. The molecule has 8 rings (SSSR count). The third-order valence-corrected chi connectivity index (χ3v) is 10.6. The van der Waals surface area contributed by atoms with Crippen LogP contribution in [0, 0.1) is 24.6 Å². The molecular formula is C44H38FN5O5. The van der Waals surface area contributed by atoms with Gasteiger partial charge in [0.15, 0.2) is 0 Å². The highest BCUT2D eigenvalue weighted by Gasteiger charge is 2.30. The van der Waals surface area contributed by atoms with Gasteiger partial charge in [0.05, 0.1) is 29.9 Å². The van der Waals surface area contributed by atoms with Crippen molar-refractivity contribution in [2.75, 3.05) is 18.0 Å². The first kappa shape index (κ1) is 35.5. The lowest BCUT2D eigenvalue weighted by Crippen LogP contribution is -2.39. The standard InChI is InChI=1S/C44H38FN5O5/c1-4-26-19-38-33(17-25(2)44(54)49(38)3)39(20-26)50-16-6-8-28-21-31(35(45)22-37(28)50)29-10-12-36(47-23-29)43(53)46-15-5-7-27-9-13-40-32(18-27)34(24-55-40)30-11-14-41(51)48-42(30)52/h9-10,12-13,17-24,30H,4,6,8,11,14-16H2,1-3H3,(H,46,53)(H,48,51,52). The molecule has 5 heterocycles. The van der Waals surface area contributed by atoms with Gasteiger partial charge in [0.2, 0.25) is 11.8 Å². The highest BCUT2D eigenvalue weighted by atomic mass is 19.1. The Labute approximate surface area is 316 Å². The molecule has 0 aliphatic carbocycles. The van der Waals surface area contributed by atoms with Crippen LogP contribution in [0.25, 0.3) is 33.0 Å². The van der Waals surface area contributed by atoms with Gasteiger partial charge in [-0.1, -0.05) is 24.8 Å². The fraction of sp³-hybridized carbons (Fsp3) is 0.250. The summed E-state index contributed by atoms with van der Waals surface area (Å²) in [5, 5.41) is 6.85. The van der Waals surface area contributed by atoms with E-state index in [4.69, 9.17) is 4.42 Å². The van der Waals surface area contributed by atoms with Crippen LogP contribution < -0.4 is 21.1 Å². The van der Waals surface area contributed by atoms with Crippen LogP contribution in [0.4, 0.5) is 15.8 Å². The van der Waals surface area contributed by atoms with Gasteiger partial charge in [-0.15, -0.1) is 0 Å². The lowest BCUT2D eigenvalue weighted by Gasteiger charge is -2.33. The molecule has 3 aromatic carbocycles. The molecule has 0 saturated carbocycles. The molecule has 11 heteroatoms. The summed E-state index contributed by atoms with van der Waals surface area (Å²) in [7, 11) is 1.79. The van der Waals surface area contributed by atoms with E-state index in [1.807, 2.05) is 25.1 Å². The molecule has 3 aromatic heterocycles. The Bertz CT molecular complexity index is 2680. The number of nitrogens with one attached hydrogen (secondary N) is 2. The topological polar surface area (TPSA) is 127 Å². The summed E-state index contributed by atoms with van der Waals surface area (Å²) in [4.78, 5) is 56.3. The number of aryl methyl sites for hydroxylation is 4. The van der Waals surface area contributed by atoms with E-state index in [1.54, 1.807) is 48.2 Å².